The highest BCUT2D eigenvalue weighted by Gasteiger charge is 2.28. The summed E-state index contributed by atoms with van der Waals surface area (Å²) in [5.41, 5.74) is 0. The van der Waals surface area contributed by atoms with Gasteiger partial charge in [-0.3, -0.25) is 15.4 Å². The van der Waals surface area contributed by atoms with Crippen LogP contribution in [0.1, 0.15) is 19.3 Å². The zero-order chi connectivity index (χ0) is 15.2. The van der Waals surface area contributed by atoms with Crippen LogP contribution in [0.25, 0.3) is 0 Å². The molecule has 2 rings (SSSR count). The molecule has 2 atom stereocenters. The van der Waals surface area contributed by atoms with Crippen molar-refractivity contribution in [2.24, 2.45) is 0 Å². The molecule has 0 aromatic carbocycles. The second-order valence-corrected chi connectivity index (χ2v) is 5.45. The Hall–Kier alpha value is -1.31. The third kappa shape index (κ3) is 5.18. The van der Waals surface area contributed by atoms with Crippen LogP contribution in [0, 0.1) is 0 Å². The Labute approximate surface area is 123 Å². The Morgan fingerprint density at radius 2 is 2.05 bits per heavy atom. The summed E-state index contributed by atoms with van der Waals surface area (Å²) in [5, 5.41) is 12.2. The van der Waals surface area contributed by atoms with Gasteiger partial charge in [0.1, 0.15) is 11.7 Å². The normalized spacial score (nSPS) is 27.6. The Balaban J connectivity index is 1.74. The molecule has 0 spiro atoms. The van der Waals surface area contributed by atoms with E-state index in [9.17, 15) is 13.6 Å². The summed E-state index contributed by atoms with van der Waals surface area (Å²) in [4.78, 5) is 11.9. The molecule has 2 heterocycles. The molecule has 0 radical (unpaired) electrons. The molecule has 0 aliphatic carbocycles. The van der Waals surface area contributed by atoms with Crippen LogP contribution < -0.4 is 21.3 Å². The van der Waals surface area contributed by atoms with E-state index < -0.39 is 17.7 Å². The maximum absolute atomic E-state index is 13.6. The largest absolute Gasteiger partial charge is 0.353 e. The van der Waals surface area contributed by atoms with Crippen molar-refractivity contribution in [1.29, 1.82) is 0 Å². The van der Waals surface area contributed by atoms with Crippen molar-refractivity contribution >= 4 is 5.91 Å². The van der Waals surface area contributed by atoms with Gasteiger partial charge in [0.15, 0.2) is 0 Å². The van der Waals surface area contributed by atoms with Crippen molar-refractivity contribution in [3.63, 3.8) is 0 Å². The van der Waals surface area contributed by atoms with E-state index in [2.05, 4.69) is 27.8 Å². The lowest BCUT2D eigenvalue weighted by Gasteiger charge is -2.24. The van der Waals surface area contributed by atoms with E-state index in [0.717, 1.165) is 32.0 Å². The van der Waals surface area contributed by atoms with Gasteiger partial charge in [0.2, 0.25) is 5.91 Å². The molecule has 1 unspecified atom stereocenters. The summed E-state index contributed by atoms with van der Waals surface area (Å²) in [7, 11) is 0. The van der Waals surface area contributed by atoms with Crippen LogP contribution in [0.5, 0.6) is 0 Å². The minimum absolute atomic E-state index is 0.0631. The first-order valence-corrected chi connectivity index (χ1v) is 7.25. The van der Waals surface area contributed by atoms with Crippen LogP contribution >= 0.6 is 0 Å². The number of allylic oxidation sites excluding steroid dienone is 2. The Morgan fingerprint density at radius 3 is 2.71 bits per heavy atom. The van der Waals surface area contributed by atoms with E-state index in [0.29, 0.717) is 6.54 Å². The average molecular weight is 300 g/mol. The smallest absolute Gasteiger partial charge is 0.223 e. The average Bonchev–Trinajstić information content (AvgIpc) is 2.87. The molecule has 118 valence electrons. The zero-order valence-electron chi connectivity index (χ0n) is 11.9. The topological polar surface area (TPSA) is 65.2 Å². The van der Waals surface area contributed by atoms with Crippen molar-refractivity contribution in [2.75, 3.05) is 19.6 Å². The second kappa shape index (κ2) is 7.63. The van der Waals surface area contributed by atoms with Crippen LogP contribution in [0.15, 0.2) is 24.3 Å². The molecular formula is C14H22F2N4O. The molecule has 7 heteroatoms. The third-order valence-electron chi connectivity index (χ3n) is 3.69. The van der Waals surface area contributed by atoms with Gasteiger partial charge >= 0.3 is 0 Å². The van der Waals surface area contributed by atoms with Crippen molar-refractivity contribution in [3.05, 3.63) is 24.3 Å². The van der Waals surface area contributed by atoms with Gasteiger partial charge in [-0.15, -0.1) is 0 Å². The summed E-state index contributed by atoms with van der Waals surface area (Å²) in [6, 6.07) is -0.406. The highest BCUT2D eigenvalue weighted by molar-refractivity contribution is 5.76. The number of rotatable bonds is 5. The molecule has 21 heavy (non-hydrogen) atoms. The summed E-state index contributed by atoms with van der Waals surface area (Å²) in [6.45, 7) is 5.14. The standard InChI is InChI=1S/C14H22F2N4O/c1-9(15)6-11(16)12-8-18-13(20-12)7-14(21)19-10-2-4-17-5-3-10/h6,10,12-13,17-18,20H,1-5,7-8H2,(H,19,21)/b11-6+/t12-,13?/m0/s1. The molecule has 1 amide bonds. The number of nitrogens with one attached hydrogen (secondary N) is 4. The van der Waals surface area contributed by atoms with E-state index >= 15 is 0 Å². The Morgan fingerprint density at radius 1 is 1.33 bits per heavy atom. The van der Waals surface area contributed by atoms with Gasteiger partial charge in [-0.1, -0.05) is 6.58 Å². The molecule has 4 N–H and O–H groups in total. The molecule has 0 aromatic rings. The molecule has 0 saturated carbocycles. The number of hydrogen-bond donors (Lipinski definition) is 4. The van der Waals surface area contributed by atoms with Crippen LogP contribution in [0.3, 0.4) is 0 Å². The van der Waals surface area contributed by atoms with Gasteiger partial charge in [0.05, 0.1) is 18.6 Å². The molecule has 2 saturated heterocycles. The van der Waals surface area contributed by atoms with Crippen LogP contribution in [-0.2, 0) is 4.79 Å². The minimum Gasteiger partial charge on any atom is -0.353 e. The minimum atomic E-state index is -0.818. The lowest BCUT2D eigenvalue weighted by molar-refractivity contribution is -0.122. The van der Waals surface area contributed by atoms with Gasteiger partial charge < -0.3 is 10.6 Å². The molecule has 0 bridgehead atoms. The Kier molecular flexibility index (Phi) is 5.84. The van der Waals surface area contributed by atoms with Gasteiger partial charge in [-0.2, -0.15) is 0 Å². The Bertz CT molecular complexity index is 421. The summed E-state index contributed by atoms with van der Waals surface area (Å²) >= 11 is 0. The van der Waals surface area contributed by atoms with Crippen molar-refractivity contribution in [2.45, 2.75) is 37.5 Å². The van der Waals surface area contributed by atoms with Crippen LogP contribution in [0.4, 0.5) is 8.78 Å². The number of carbonyl (C=O) groups is 1. The lowest BCUT2D eigenvalue weighted by atomic mass is 10.1. The van der Waals surface area contributed by atoms with Crippen molar-refractivity contribution < 1.29 is 13.6 Å². The molecule has 0 aromatic heterocycles. The van der Waals surface area contributed by atoms with Gasteiger partial charge in [-0.25, -0.2) is 8.78 Å². The highest BCUT2D eigenvalue weighted by atomic mass is 19.1. The molecule has 2 fully saturated rings. The predicted molar refractivity (Wildman–Crippen MR) is 76.8 cm³/mol. The monoisotopic (exact) mass is 300 g/mol. The van der Waals surface area contributed by atoms with Gasteiger partial charge in [0, 0.05) is 18.7 Å². The quantitative estimate of drug-likeness (QED) is 0.557. The number of carbonyl (C=O) groups excluding carboxylic acids is 1. The second-order valence-electron chi connectivity index (χ2n) is 5.45. The zero-order valence-corrected chi connectivity index (χ0v) is 11.9. The van der Waals surface area contributed by atoms with E-state index in [1.54, 1.807) is 0 Å². The van der Waals surface area contributed by atoms with E-state index in [4.69, 9.17) is 0 Å². The van der Waals surface area contributed by atoms with Gasteiger partial charge in [0.25, 0.3) is 0 Å². The third-order valence-corrected chi connectivity index (χ3v) is 3.69. The maximum Gasteiger partial charge on any atom is 0.223 e. The van der Waals surface area contributed by atoms with Gasteiger partial charge in [-0.05, 0) is 25.9 Å². The number of hydrogen-bond acceptors (Lipinski definition) is 4. The van der Waals surface area contributed by atoms with Crippen molar-refractivity contribution in [1.82, 2.24) is 21.3 Å². The van der Waals surface area contributed by atoms with E-state index in [-0.39, 0.29) is 24.5 Å². The number of piperidine rings is 1. The number of amides is 1. The maximum atomic E-state index is 13.6. The molecular weight excluding hydrogens is 278 g/mol. The fourth-order valence-corrected chi connectivity index (χ4v) is 2.62. The molecule has 2 aliphatic rings. The fraction of sp³-hybridized carbons (Fsp3) is 0.643. The molecule has 5 nitrogen and oxygen atoms in total. The molecule has 2 aliphatic heterocycles. The van der Waals surface area contributed by atoms with Crippen LogP contribution in [0.2, 0.25) is 0 Å². The number of halogens is 2. The summed E-state index contributed by atoms with van der Waals surface area (Å²) in [5.74, 6) is -1.50. The first kappa shape index (κ1) is 16.1. The summed E-state index contributed by atoms with van der Waals surface area (Å²) in [6.07, 6.45) is 2.54. The van der Waals surface area contributed by atoms with E-state index in [1.807, 2.05) is 0 Å². The summed E-state index contributed by atoms with van der Waals surface area (Å²) < 4.78 is 26.1. The SMILES string of the molecule is C=C(F)/C=C(/F)[C@@H]1CNC(CC(=O)NC2CCNCC2)N1. The fourth-order valence-electron chi connectivity index (χ4n) is 2.62. The van der Waals surface area contributed by atoms with E-state index in [1.165, 1.54) is 0 Å². The van der Waals surface area contributed by atoms with Crippen LogP contribution in [-0.4, -0.2) is 43.8 Å². The predicted octanol–water partition coefficient (Wildman–Crippen LogP) is 0.469. The lowest BCUT2D eigenvalue weighted by Crippen LogP contribution is -2.45. The van der Waals surface area contributed by atoms with Crippen molar-refractivity contribution in [3.8, 4) is 0 Å². The first-order chi connectivity index (χ1) is 10.0. The highest BCUT2D eigenvalue weighted by Crippen LogP contribution is 2.13. The first-order valence-electron chi connectivity index (χ1n) is 7.25.